The lowest BCUT2D eigenvalue weighted by molar-refractivity contribution is -0.0357. The Bertz CT molecular complexity index is 1840. The minimum absolute atomic E-state index is 0.0715. The Morgan fingerprint density at radius 3 is 2.37 bits per heavy atom. The van der Waals surface area contributed by atoms with Gasteiger partial charge in [-0.25, -0.2) is 9.78 Å². The van der Waals surface area contributed by atoms with E-state index in [1.807, 2.05) is 57.2 Å². The van der Waals surface area contributed by atoms with Crippen LogP contribution in [0.4, 0.5) is 4.79 Å². The molecule has 1 amide bonds. The van der Waals surface area contributed by atoms with Gasteiger partial charge in [0.2, 0.25) is 0 Å². The molecule has 2 atom stereocenters. The number of fused-ring (bicyclic) bond motifs is 1. The van der Waals surface area contributed by atoms with E-state index in [1.165, 1.54) is 0 Å². The third-order valence-corrected chi connectivity index (χ3v) is 11.7. The van der Waals surface area contributed by atoms with Gasteiger partial charge < -0.3 is 42.6 Å². The summed E-state index contributed by atoms with van der Waals surface area (Å²) in [5, 5.41) is 0. The van der Waals surface area contributed by atoms with E-state index in [0.29, 0.717) is 52.9 Å². The van der Waals surface area contributed by atoms with Crippen LogP contribution in [0.1, 0.15) is 68.5 Å². The van der Waals surface area contributed by atoms with Crippen LogP contribution in [-0.4, -0.2) is 94.1 Å². The van der Waals surface area contributed by atoms with Gasteiger partial charge in [0.15, 0.2) is 0 Å². The standard InChI is InChI=1S/C45H65N3O8Si/c1-45(2,3)56-44(49)47-24-23-38(34-19-21-37(22-20-34)54-27-13-26-52-31-35-14-9-10-17-40(35)51-5)41(30-47)55-32-36-15-11-16-39-43(36)46-42(18-12-25-50-4)48(39)33-53-28-29-57(6,7)8/h9-11,14-17,19-22,38,41H,12-13,18,23-33H2,1-8H3. The largest absolute Gasteiger partial charge is 0.496 e. The summed E-state index contributed by atoms with van der Waals surface area (Å²) in [6.07, 6.45) is 2.58. The van der Waals surface area contributed by atoms with E-state index < -0.39 is 13.7 Å². The van der Waals surface area contributed by atoms with Crippen LogP contribution in [-0.2, 0) is 50.0 Å². The second-order valence-electron chi connectivity index (χ2n) is 17.0. The van der Waals surface area contributed by atoms with Crippen molar-refractivity contribution >= 4 is 25.2 Å². The van der Waals surface area contributed by atoms with Gasteiger partial charge >= 0.3 is 6.09 Å². The summed E-state index contributed by atoms with van der Waals surface area (Å²) < 4.78 is 43.8. The molecule has 2 unspecified atom stereocenters. The SMILES string of the molecule is COCCCc1nc2c(COC3CN(C(=O)OC(C)(C)C)CCC3c3ccc(OCCCOCc4ccccc4OC)cc3)cccc2n1COCC[Si](C)(C)C. The lowest BCUT2D eigenvalue weighted by Gasteiger charge is -2.39. The van der Waals surface area contributed by atoms with Crippen LogP contribution >= 0.6 is 0 Å². The number of aryl methyl sites for hydroxylation is 1. The average Bonchev–Trinajstić information content (AvgIpc) is 3.54. The maximum Gasteiger partial charge on any atom is 0.410 e. The Morgan fingerprint density at radius 1 is 0.860 bits per heavy atom. The van der Waals surface area contributed by atoms with E-state index in [-0.39, 0.29) is 18.1 Å². The third-order valence-electron chi connectivity index (χ3n) is 10.0. The van der Waals surface area contributed by atoms with Crippen LogP contribution in [0, 0.1) is 0 Å². The number of methoxy groups -OCH3 is 2. The van der Waals surface area contributed by atoms with Gasteiger partial charge in [-0.1, -0.05) is 62.1 Å². The number of aromatic nitrogens is 2. The average molecular weight is 804 g/mol. The molecular formula is C45H65N3O8Si. The van der Waals surface area contributed by atoms with Crippen LogP contribution in [0.2, 0.25) is 25.7 Å². The topological polar surface area (TPSA) is 103 Å². The van der Waals surface area contributed by atoms with Crippen molar-refractivity contribution in [2.24, 2.45) is 0 Å². The molecule has 0 N–H and O–H groups in total. The van der Waals surface area contributed by atoms with Gasteiger partial charge in [0.05, 0.1) is 57.2 Å². The Kier molecular flexibility index (Phi) is 16.4. The van der Waals surface area contributed by atoms with Crippen molar-refractivity contribution < 1.29 is 38.0 Å². The number of likely N-dealkylation sites (tertiary alicyclic amines) is 1. The molecule has 312 valence electrons. The Labute approximate surface area is 340 Å². The zero-order valence-corrected chi connectivity index (χ0v) is 36.5. The highest BCUT2D eigenvalue weighted by atomic mass is 28.3. The van der Waals surface area contributed by atoms with Crippen LogP contribution in [0.25, 0.3) is 11.0 Å². The zero-order chi connectivity index (χ0) is 40.8. The summed E-state index contributed by atoms with van der Waals surface area (Å²) >= 11 is 0. The van der Waals surface area contributed by atoms with Crippen LogP contribution in [0.3, 0.4) is 0 Å². The first-order chi connectivity index (χ1) is 27.3. The molecule has 3 aromatic carbocycles. The normalized spacial score (nSPS) is 16.2. The van der Waals surface area contributed by atoms with E-state index >= 15 is 0 Å². The number of rotatable bonds is 21. The molecule has 2 heterocycles. The first-order valence-corrected chi connectivity index (χ1v) is 24.1. The van der Waals surface area contributed by atoms with Crippen molar-refractivity contribution in [2.45, 2.75) is 110 Å². The highest BCUT2D eigenvalue weighted by Gasteiger charge is 2.35. The van der Waals surface area contributed by atoms with Crippen molar-refractivity contribution in [3.63, 3.8) is 0 Å². The molecule has 1 aliphatic rings. The fourth-order valence-electron chi connectivity index (χ4n) is 6.94. The molecule has 4 aromatic rings. The number of piperidine rings is 1. The summed E-state index contributed by atoms with van der Waals surface area (Å²) in [5.41, 5.74) is 4.54. The zero-order valence-electron chi connectivity index (χ0n) is 35.5. The maximum atomic E-state index is 13.3. The molecule has 1 saturated heterocycles. The fourth-order valence-corrected chi connectivity index (χ4v) is 7.69. The molecule has 0 spiro atoms. The van der Waals surface area contributed by atoms with Crippen molar-refractivity contribution in [1.29, 1.82) is 0 Å². The van der Waals surface area contributed by atoms with Crippen LogP contribution in [0.5, 0.6) is 11.5 Å². The third kappa shape index (κ3) is 13.6. The van der Waals surface area contributed by atoms with Crippen LogP contribution < -0.4 is 9.47 Å². The number of amides is 1. The van der Waals surface area contributed by atoms with Crippen molar-refractivity contribution in [2.75, 3.05) is 53.7 Å². The predicted molar refractivity (Wildman–Crippen MR) is 227 cm³/mol. The number of carbonyl (C=O) groups excluding carboxylic acids is 1. The smallest absolute Gasteiger partial charge is 0.410 e. The summed E-state index contributed by atoms with van der Waals surface area (Å²) in [4.78, 5) is 20.2. The molecule has 0 saturated carbocycles. The second kappa shape index (κ2) is 21.2. The van der Waals surface area contributed by atoms with E-state index in [4.69, 9.17) is 38.1 Å². The molecule has 5 rings (SSSR count). The molecular weight excluding hydrogens is 739 g/mol. The van der Waals surface area contributed by atoms with Crippen molar-refractivity contribution in [3.05, 3.63) is 89.2 Å². The molecule has 12 heteroatoms. The van der Waals surface area contributed by atoms with E-state index in [0.717, 1.165) is 83.4 Å². The first-order valence-electron chi connectivity index (χ1n) is 20.4. The van der Waals surface area contributed by atoms with Gasteiger partial charge in [-0.15, -0.1) is 0 Å². The number of nitrogens with zero attached hydrogens (tertiary/aromatic N) is 3. The van der Waals surface area contributed by atoms with Gasteiger partial charge in [-0.3, -0.25) is 0 Å². The minimum Gasteiger partial charge on any atom is -0.496 e. The van der Waals surface area contributed by atoms with Gasteiger partial charge in [-0.2, -0.15) is 0 Å². The fraction of sp³-hybridized carbons (Fsp3) is 0.556. The summed E-state index contributed by atoms with van der Waals surface area (Å²) in [6, 6.07) is 23.5. The Balaban J connectivity index is 1.26. The number of hydrogen-bond donors (Lipinski definition) is 0. The maximum absolute atomic E-state index is 13.3. The summed E-state index contributed by atoms with van der Waals surface area (Å²) in [7, 11) is 2.18. The molecule has 57 heavy (non-hydrogen) atoms. The van der Waals surface area contributed by atoms with Crippen LogP contribution in [0.15, 0.2) is 66.7 Å². The van der Waals surface area contributed by atoms with Gasteiger partial charge in [0, 0.05) is 64.8 Å². The van der Waals surface area contributed by atoms with E-state index in [1.54, 1.807) is 19.1 Å². The van der Waals surface area contributed by atoms with Gasteiger partial charge in [0.25, 0.3) is 0 Å². The number of imidazole rings is 1. The number of hydrogen-bond acceptors (Lipinski definition) is 9. The predicted octanol–water partition coefficient (Wildman–Crippen LogP) is 9.23. The molecule has 0 aliphatic carbocycles. The van der Waals surface area contributed by atoms with E-state index in [9.17, 15) is 4.79 Å². The van der Waals surface area contributed by atoms with Gasteiger partial charge in [-0.05, 0) is 69.5 Å². The number of ether oxygens (including phenoxy) is 7. The van der Waals surface area contributed by atoms with Gasteiger partial charge in [0.1, 0.15) is 29.7 Å². The lowest BCUT2D eigenvalue weighted by atomic mass is 9.87. The minimum atomic E-state index is -1.22. The molecule has 1 fully saturated rings. The molecule has 1 aromatic heterocycles. The number of para-hydroxylation sites is 2. The summed E-state index contributed by atoms with van der Waals surface area (Å²) in [6.45, 7) is 17.6. The number of carbonyl (C=O) groups is 1. The van der Waals surface area contributed by atoms with E-state index in [2.05, 4.69) is 54.5 Å². The quantitative estimate of drug-likeness (QED) is 0.0603. The number of benzene rings is 3. The molecule has 11 nitrogen and oxygen atoms in total. The Hall–Kier alpha value is -3.94. The first kappa shape index (κ1) is 44.2. The monoisotopic (exact) mass is 803 g/mol. The van der Waals surface area contributed by atoms with Crippen molar-refractivity contribution in [1.82, 2.24) is 14.5 Å². The summed E-state index contributed by atoms with van der Waals surface area (Å²) in [5.74, 6) is 2.69. The molecule has 1 aliphatic heterocycles. The highest BCUT2D eigenvalue weighted by Crippen LogP contribution is 2.34. The molecule has 0 bridgehead atoms. The lowest BCUT2D eigenvalue weighted by Crippen LogP contribution is -2.48. The Morgan fingerprint density at radius 2 is 1.63 bits per heavy atom. The van der Waals surface area contributed by atoms with Crippen molar-refractivity contribution in [3.8, 4) is 11.5 Å². The second-order valence-corrected chi connectivity index (χ2v) is 22.6. The highest BCUT2D eigenvalue weighted by molar-refractivity contribution is 6.76. The molecule has 0 radical (unpaired) electrons.